The lowest BCUT2D eigenvalue weighted by atomic mass is 9.97. The molecule has 1 aliphatic rings. The van der Waals surface area contributed by atoms with Crippen LogP contribution in [0.5, 0.6) is 0 Å². The highest BCUT2D eigenvalue weighted by atomic mass is 35.5. The second kappa shape index (κ2) is 8.62. The van der Waals surface area contributed by atoms with Crippen molar-refractivity contribution in [3.63, 3.8) is 0 Å². The Morgan fingerprint density at radius 2 is 2.08 bits per heavy atom. The van der Waals surface area contributed by atoms with E-state index in [0.717, 1.165) is 6.42 Å². The van der Waals surface area contributed by atoms with E-state index in [-0.39, 0.29) is 23.7 Å². The molecule has 140 valence electrons. The molecule has 3 rings (SSSR count). The summed E-state index contributed by atoms with van der Waals surface area (Å²) in [6.45, 7) is 5.56. The van der Waals surface area contributed by atoms with Gasteiger partial charge in [0, 0.05) is 36.1 Å². The van der Waals surface area contributed by atoms with E-state index < -0.39 is 10.8 Å². The van der Waals surface area contributed by atoms with Crippen molar-refractivity contribution in [3.05, 3.63) is 61.8 Å². The Kier molecular flexibility index (Phi) is 6.75. The van der Waals surface area contributed by atoms with E-state index in [1.165, 1.54) is 22.6 Å². The van der Waals surface area contributed by atoms with Gasteiger partial charge in [-0.05, 0) is 43.3 Å². The summed E-state index contributed by atoms with van der Waals surface area (Å²) in [5.41, 5.74) is 1.36. The molecule has 8 heteroatoms. The number of nitrogens with zero attached hydrogens (tertiary/aromatic N) is 2. The largest absolute Gasteiger partial charge is 0.351 e. The first-order valence-corrected chi connectivity index (χ1v) is 9.20. The van der Waals surface area contributed by atoms with Crippen LogP contribution in [0.2, 0.25) is 0 Å². The molecule has 26 heavy (non-hydrogen) atoms. The molecule has 6 nitrogen and oxygen atoms in total. The van der Waals surface area contributed by atoms with Crippen molar-refractivity contribution in [3.8, 4) is 0 Å². The normalized spacial score (nSPS) is 19.3. The number of carbonyl (C=O) groups is 1. The van der Waals surface area contributed by atoms with Gasteiger partial charge in [0.2, 0.25) is 0 Å². The van der Waals surface area contributed by atoms with Gasteiger partial charge < -0.3 is 5.32 Å². The van der Waals surface area contributed by atoms with E-state index in [1.54, 1.807) is 23.5 Å². The van der Waals surface area contributed by atoms with Gasteiger partial charge in [0.05, 0.1) is 4.92 Å². The van der Waals surface area contributed by atoms with Crippen LogP contribution in [0.1, 0.15) is 40.7 Å². The van der Waals surface area contributed by atoms with Crippen LogP contribution in [0.4, 0.5) is 5.69 Å². The van der Waals surface area contributed by atoms with Crippen molar-refractivity contribution >= 4 is 35.3 Å². The molecule has 0 aliphatic carbocycles. The molecule has 1 aromatic carbocycles. The van der Waals surface area contributed by atoms with Crippen molar-refractivity contribution in [2.45, 2.75) is 32.4 Å². The molecule has 2 heterocycles. The molecule has 0 saturated heterocycles. The highest BCUT2D eigenvalue weighted by molar-refractivity contribution is 7.10. The fourth-order valence-corrected chi connectivity index (χ4v) is 4.50. The molecule has 0 bridgehead atoms. The van der Waals surface area contributed by atoms with Crippen LogP contribution in [0, 0.1) is 10.1 Å². The van der Waals surface area contributed by atoms with E-state index in [9.17, 15) is 14.9 Å². The maximum absolute atomic E-state index is 12.3. The number of halogens is 1. The number of amides is 1. The highest BCUT2D eigenvalue weighted by Gasteiger charge is 2.29. The van der Waals surface area contributed by atoms with Crippen molar-refractivity contribution in [1.29, 1.82) is 0 Å². The first kappa shape index (κ1) is 20.4. The second-order valence-electron chi connectivity index (χ2n) is 6.31. The Hall–Kier alpha value is -1.96. The third kappa shape index (κ3) is 4.06. The predicted octanol–water partition coefficient (Wildman–Crippen LogP) is 3.82. The SMILES string of the molecule is CC1Cc2ccsc2C(C)N1CCNC(=O)c1ccccc1[N+](=O)[O-].Cl. The molecular formula is C18H22ClN3O3S. The maximum Gasteiger partial charge on any atom is 0.282 e. The summed E-state index contributed by atoms with van der Waals surface area (Å²) < 4.78 is 0. The number of thiophene rings is 1. The second-order valence-corrected chi connectivity index (χ2v) is 7.25. The lowest BCUT2D eigenvalue weighted by molar-refractivity contribution is -0.385. The average Bonchev–Trinajstić information content (AvgIpc) is 3.06. The zero-order chi connectivity index (χ0) is 18.0. The summed E-state index contributed by atoms with van der Waals surface area (Å²) in [6, 6.07) is 8.95. The van der Waals surface area contributed by atoms with Crippen molar-refractivity contribution in [2.24, 2.45) is 0 Å². The summed E-state index contributed by atoms with van der Waals surface area (Å²) in [5, 5.41) is 16.0. The monoisotopic (exact) mass is 395 g/mol. The van der Waals surface area contributed by atoms with Gasteiger partial charge in [-0.1, -0.05) is 12.1 Å². The quantitative estimate of drug-likeness (QED) is 0.616. The summed E-state index contributed by atoms with van der Waals surface area (Å²) in [4.78, 5) is 26.6. The number of nitrogens with one attached hydrogen (secondary N) is 1. The van der Waals surface area contributed by atoms with Crippen LogP contribution in [-0.4, -0.2) is 34.9 Å². The van der Waals surface area contributed by atoms with Gasteiger partial charge in [-0.3, -0.25) is 19.8 Å². The molecule has 1 amide bonds. The van der Waals surface area contributed by atoms with Crippen LogP contribution in [0.25, 0.3) is 0 Å². The molecule has 1 N–H and O–H groups in total. The Labute approximate surface area is 162 Å². The van der Waals surface area contributed by atoms with Crippen LogP contribution >= 0.6 is 23.7 Å². The van der Waals surface area contributed by atoms with Gasteiger partial charge in [-0.2, -0.15) is 0 Å². The predicted molar refractivity (Wildman–Crippen MR) is 105 cm³/mol. The number of benzene rings is 1. The van der Waals surface area contributed by atoms with Gasteiger partial charge >= 0.3 is 0 Å². The lowest BCUT2D eigenvalue weighted by Crippen LogP contribution is -2.44. The molecule has 2 aromatic rings. The number of hydrogen-bond acceptors (Lipinski definition) is 5. The van der Waals surface area contributed by atoms with Gasteiger partial charge in [-0.15, -0.1) is 23.7 Å². The van der Waals surface area contributed by atoms with Crippen LogP contribution < -0.4 is 5.32 Å². The van der Waals surface area contributed by atoms with Crippen molar-refractivity contribution in [2.75, 3.05) is 13.1 Å². The molecular weight excluding hydrogens is 374 g/mol. The summed E-state index contributed by atoms with van der Waals surface area (Å²) in [5.74, 6) is -0.401. The first-order chi connectivity index (χ1) is 12.0. The minimum absolute atomic E-state index is 0. The first-order valence-electron chi connectivity index (χ1n) is 8.32. The third-order valence-electron chi connectivity index (χ3n) is 4.74. The molecule has 2 atom stereocenters. The Morgan fingerprint density at radius 3 is 2.81 bits per heavy atom. The van der Waals surface area contributed by atoms with Crippen LogP contribution in [0.15, 0.2) is 35.7 Å². The molecule has 1 aliphatic heterocycles. The number of carbonyl (C=O) groups excluding carboxylic acids is 1. The third-order valence-corrected chi connectivity index (χ3v) is 5.87. The Balaban J connectivity index is 0.00000243. The summed E-state index contributed by atoms with van der Waals surface area (Å²) in [6.07, 6.45) is 1.02. The Morgan fingerprint density at radius 1 is 1.35 bits per heavy atom. The van der Waals surface area contributed by atoms with Crippen molar-refractivity contribution < 1.29 is 9.72 Å². The smallest absolute Gasteiger partial charge is 0.282 e. The van der Waals surface area contributed by atoms with Crippen LogP contribution in [-0.2, 0) is 6.42 Å². The minimum atomic E-state index is -0.526. The van der Waals surface area contributed by atoms with Gasteiger partial charge in [0.1, 0.15) is 5.56 Å². The molecule has 1 aromatic heterocycles. The number of hydrogen-bond donors (Lipinski definition) is 1. The fraction of sp³-hybridized carbons (Fsp3) is 0.389. The zero-order valence-electron chi connectivity index (χ0n) is 14.7. The number of fused-ring (bicyclic) bond motifs is 1. The topological polar surface area (TPSA) is 75.5 Å². The fourth-order valence-electron chi connectivity index (χ4n) is 3.48. The number of para-hydroxylation sites is 1. The standard InChI is InChI=1S/C18H21N3O3S.ClH/c1-12-11-14-7-10-25-17(14)13(2)20(12)9-8-19-18(22)15-5-3-4-6-16(15)21(23)24;/h3-7,10,12-13H,8-9,11H2,1-2H3,(H,19,22);1H. The Bertz CT molecular complexity index is 795. The maximum atomic E-state index is 12.3. The number of nitro benzene ring substituents is 1. The molecule has 0 fully saturated rings. The van der Waals surface area contributed by atoms with Crippen LogP contribution in [0.3, 0.4) is 0 Å². The van der Waals surface area contributed by atoms with E-state index >= 15 is 0 Å². The van der Waals surface area contributed by atoms with Crippen molar-refractivity contribution in [1.82, 2.24) is 10.2 Å². The molecule has 0 saturated carbocycles. The van der Waals surface area contributed by atoms with Gasteiger partial charge in [0.15, 0.2) is 0 Å². The lowest BCUT2D eigenvalue weighted by Gasteiger charge is -2.38. The zero-order valence-corrected chi connectivity index (χ0v) is 16.3. The van der Waals surface area contributed by atoms with E-state index in [1.807, 2.05) is 0 Å². The van der Waals surface area contributed by atoms with E-state index in [4.69, 9.17) is 0 Å². The highest BCUT2D eigenvalue weighted by Crippen LogP contribution is 2.35. The van der Waals surface area contributed by atoms with Gasteiger partial charge in [0.25, 0.3) is 11.6 Å². The number of nitro groups is 1. The number of rotatable bonds is 5. The minimum Gasteiger partial charge on any atom is -0.351 e. The molecule has 0 spiro atoms. The van der Waals surface area contributed by atoms with E-state index in [0.29, 0.717) is 25.2 Å². The summed E-state index contributed by atoms with van der Waals surface area (Å²) in [7, 11) is 0. The molecule has 0 radical (unpaired) electrons. The van der Waals surface area contributed by atoms with Gasteiger partial charge in [-0.25, -0.2) is 0 Å². The average molecular weight is 396 g/mol. The van der Waals surface area contributed by atoms with E-state index in [2.05, 4.69) is 35.5 Å². The summed E-state index contributed by atoms with van der Waals surface area (Å²) >= 11 is 1.78. The molecule has 2 unspecified atom stereocenters.